The molecule has 4 heteroatoms. The fourth-order valence-electron chi connectivity index (χ4n) is 0.826. The first kappa shape index (κ1) is 17.2. The average molecular weight is 364 g/mol. The van der Waals surface area contributed by atoms with E-state index in [9.17, 15) is 4.79 Å². The van der Waals surface area contributed by atoms with Gasteiger partial charge in [0, 0.05) is 0 Å². The number of ether oxygens (including phenoxy) is 1. The molecule has 0 aromatic heterocycles. The van der Waals surface area contributed by atoms with E-state index in [1.54, 1.807) is 0 Å². The molecule has 0 spiro atoms. The van der Waals surface area contributed by atoms with Gasteiger partial charge in [0.25, 0.3) is 0 Å². The zero-order valence-corrected chi connectivity index (χ0v) is 14.7. The number of halogens is 1. The molecule has 80 valence electrons. The number of hydrogen-bond donors (Lipinski definition) is 0. The van der Waals surface area contributed by atoms with Gasteiger partial charge in [-0.2, -0.15) is 6.42 Å². The van der Waals surface area contributed by atoms with E-state index in [0.717, 1.165) is 12.8 Å². The van der Waals surface area contributed by atoms with E-state index in [2.05, 4.69) is 26.7 Å². The standard InChI is InChI=1S/C10H19O2.HI.Zn/c1-6-7-8(2)9(11)12-10(3,4)5;;/h8H,1,6-7H2,2-5H3;1H;/q-1;;+2/p-1. The van der Waals surface area contributed by atoms with E-state index in [4.69, 9.17) is 4.74 Å². The Morgan fingerprint density at radius 3 is 2.21 bits per heavy atom. The Balaban J connectivity index is 0. The Hall–Kier alpha value is 0.823. The van der Waals surface area contributed by atoms with Crippen molar-refractivity contribution in [3.05, 3.63) is 6.92 Å². The summed E-state index contributed by atoms with van der Waals surface area (Å²) in [4.78, 5) is 11.3. The van der Waals surface area contributed by atoms with Crippen LogP contribution in [0.15, 0.2) is 0 Å². The molecule has 0 aliphatic rings. The first-order valence-electron chi connectivity index (χ1n) is 4.65. The SMILES string of the molecule is [CH2-]CCC(C)C(=O)OC(C)(C)C.[Zn+][I]. The van der Waals surface area contributed by atoms with Crippen LogP contribution >= 0.6 is 19.8 Å². The first-order valence-corrected chi connectivity index (χ1v) is 13.7. The van der Waals surface area contributed by atoms with Crippen LogP contribution in [0.4, 0.5) is 0 Å². The van der Waals surface area contributed by atoms with Crippen LogP contribution in [0.5, 0.6) is 0 Å². The zero-order valence-electron chi connectivity index (χ0n) is 9.60. The van der Waals surface area contributed by atoms with Crippen LogP contribution in [-0.2, 0) is 24.3 Å². The van der Waals surface area contributed by atoms with Crippen molar-refractivity contribution in [1.29, 1.82) is 0 Å². The van der Waals surface area contributed by atoms with E-state index < -0.39 is 0 Å². The van der Waals surface area contributed by atoms with Crippen LogP contribution in [-0.4, -0.2) is 11.6 Å². The van der Waals surface area contributed by atoms with Crippen molar-refractivity contribution in [2.24, 2.45) is 5.92 Å². The number of carbonyl (C=O) groups excluding carboxylic acids is 1. The number of rotatable bonds is 3. The Morgan fingerprint density at radius 1 is 1.50 bits per heavy atom. The molecule has 0 aliphatic heterocycles. The predicted octanol–water partition coefficient (Wildman–Crippen LogP) is 3.46. The summed E-state index contributed by atoms with van der Waals surface area (Å²) in [5.41, 5.74) is -0.369. The molecule has 14 heavy (non-hydrogen) atoms. The van der Waals surface area contributed by atoms with Gasteiger partial charge in [0.15, 0.2) is 0 Å². The molecule has 0 aromatic rings. The van der Waals surface area contributed by atoms with Crippen molar-refractivity contribution in [1.82, 2.24) is 0 Å². The van der Waals surface area contributed by atoms with Crippen LogP contribution in [0, 0.1) is 12.8 Å². The predicted molar refractivity (Wildman–Crippen MR) is 63.6 cm³/mol. The molecular weight excluding hydrogens is 344 g/mol. The molecule has 0 heterocycles. The van der Waals surface area contributed by atoms with Crippen molar-refractivity contribution in [2.45, 2.75) is 46.1 Å². The van der Waals surface area contributed by atoms with Crippen LogP contribution in [0.1, 0.15) is 40.5 Å². The van der Waals surface area contributed by atoms with Gasteiger partial charge in [0.2, 0.25) is 0 Å². The van der Waals surface area contributed by atoms with E-state index in [1.807, 2.05) is 27.7 Å². The summed E-state index contributed by atoms with van der Waals surface area (Å²) in [5.74, 6) is -0.145. The fraction of sp³-hybridized carbons (Fsp3) is 0.800. The molecule has 0 fully saturated rings. The maximum atomic E-state index is 11.3. The quantitative estimate of drug-likeness (QED) is 0.332. The van der Waals surface area contributed by atoms with Gasteiger partial charge in [0.1, 0.15) is 5.60 Å². The summed E-state index contributed by atoms with van der Waals surface area (Å²) < 4.78 is 5.19. The molecule has 0 saturated carbocycles. The molecule has 0 rings (SSSR count). The molecule has 0 radical (unpaired) electrons. The summed E-state index contributed by atoms with van der Waals surface area (Å²) >= 11 is 3.62. The topological polar surface area (TPSA) is 26.3 Å². The van der Waals surface area contributed by atoms with Gasteiger partial charge in [-0.1, -0.05) is 13.3 Å². The van der Waals surface area contributed by atoms with Crippen LogP contribution in [0.25, 0.3) is 0 Å². The summed E-state index contributed by atoms with van der Waals surface area (Å²) in [5, 5.41) is 0. The molecule has 0 aromatic carbocycles. The third-order valence-corrected chi connectivity index (χ3v) is 1.45. The number of esters is 1. The monoisotopic (exact) mass is 362 g/mol. The second-order valence-electron chi connectivity index (χ2n) is 4.08. The third-order valence-electron chi connectivity index (χ3n) is 1.45. The van der Waals surface area contributed by atoms with Gasteiger partial charge < -0.3 is 11.7 Å². The van der Waals surface area contributed by atoms with Crippen LogP contribution in [0.2, 0.25) is 0 Å². The van der Waals surface area contributed by atoms with Gasteiger partial charge in [-0.05, 0) is 20.8 Å². The summed E-state index contributed by atoms with van der Waals surface area (Å²) in [7, 11) is 0. The average Bonchev–Trinajstić information content (AvgIpc) is 2.05. The molecule has 0 N–H and O–H groups in total. The first-order chi connectivity index (χ1) is 6.37. The Labute approximate surface area is 108 Å². The molecule has 2 nitrogen and oxygen atoms in total. The van der Waals surface area contributed by atoms with Crippen molar-refractivity contribution in [2.75, 3.05) is 0 Å². The minimum absolute atomic E-state index is 0.0262. The van der Waals surface area contributed by atoms with Crippen molar-refractivity contribution in [3.8, 4) is 0 Å². The third kappa shape index (κ3) is 10.9. The van der Waals surface area contributed by atoms with Crippen molar-refractivity contribution >= 4 is 25.7 Å². The van der Waals surface area contributed by atoms with Gasteiger partial charge in [-0.3, -0.25) is 4.79 Å². The van der Waals surface area contributed by atoms with Gasteiger partial charge in [-0.25, -0.2) is 0 Å². The molecule has 0 aliphatic carbocycles. The van der Waals surface area contributed by atoms with E-state index in [1.165, 1.54) is 14.8 Å². The Kier molecular flexibility index (Phi) is 11.2. The van der Waals surface area contributed by atoms with Gasteiger partial charge >= 0.3 is 40.5 Å². The fourth-order valence-corrected chi connectivity index (χ4v) is 0.826. The summed E-state index contributed by atoms with van der Waals surface area (Å²) in [6.45, 7) is 11.2. The van der Waals surface area contributed by atoms with E-state index >= 15 is 0 Å². The molecule has 1 unspecified atom stereocenters. The van der Waals surface area contributed by atoms with Crippen LogP contribution in [0.3, 0.4) is 0 Å². The molecule has 0 bridgehead atoms. The molecular formula is C10H19IO2Zn. The Bertz CT molecular complexity index is 155. The van der Waals surface area contributed by atoms with Crippen LogP contribution < -0.4 is 0 Å². The maximum absolute atomic E-state index is 11.3. The van der Waals surface area contributed by atoms with Gasteiger partial charge in [0.05, 0.1) is 5.92 Å². The second-order valence-corrected chi connectivity index (χ2v) is 4.08. The zero-order chi connectivity index (χ0) is 11.8. The minimum atomic E-state index is -0.369. The molecule has 1 atom stereocenters. The van der Waals surface area contributed by atoms with E-state index in [0.29, 0.717) is 0 Å². The Morgan fingerprint density at radius 2 is 1.93 bits per heavy atom. The molecule has 0 amide bonds. The normalized spacial score (nSPS) is 12.6. The number of carbonyl (C=O) groups is 1. The summed E-state index contributed by atoms with van der Waals surface area (Å²) in [6.07, 6.45) is 1.58. The molecule has 0 saturated heterocycles. The van der Waals surface area contributed by atoms with E-state index in [-0.39, 0.29) is 17.5 Å². The van der Waals surface area contributed by atoms with Gasteiger partial charge in [-0.15, -0.1) is 0 Å². The van der Waals surface area contributed by atoms with Crippen molar-refractivity contribution < 1.29 is 24.3 Å². The second kappa shape index (κ2) is 9.08. The number of hydrogen-bond acceptors (Lipinski definition) is 2. The van der Waals surface area contributed by atoms with Crippen molar-refractivity contribution in [3.63, 3.8) is 0 Å². The summed E-state index contributed by atoms with van der Waals surface area (Å²) in [6, 6.07) is 0.